The standard InChI is InChI=1S/C19H24N2O2/c1-14-6-5-8-17(12-14)23-18-9-4-3-7-16(18)13-21-19(22)11-10-15(2)20/h3-9,12,15H,10-11,13,20H2,1-2H3,(H,21,22). The molecule has 4 nitrogen and oxygen atoms in total. The molecule has 0 radical (unpaired) electrons. The van der Waals surface area contributed by atoms with Crippen molar-refractivity contribution in [2.45, 2.75) is 39.3 Å². The van der Waals surface area contributed by atoms with Crippen LogP contribution in [0.2, 0.25) is 0 Å². The van der Waals surface area contributed by atoms with Crippen LogP contribution in [0, 0.1) is 6.92 Å². The Bertz CT molecular complexity index is 653. The second-order valence-electron chi connectivity index (χ2n) is 5.82. The lowest BCUT2D eigenvalue weighted by Gasteiger charge is -2.12. The van der Waals surface area contributed by atoms with Gasteiger partial charge in [0.05, 0.1) is 0 Å². The highest BCUT2D eigenvalue weighted by molar-refractivity contribution is 5.75. The van der Waals surface area contributed by atoms with Gasteiger partial charge >= 0.3 is 0 Å². The van der Waals surface area contributed by atoms with Crippen molar-refractivity contribution in [3.05, 3.63) is 59.7 Å². The van der Waals surface area contributed by atoms with Crippen LogP contribution in [0.4, 0.5) is 0 Å². The molecule has 2 aromatic carbocycles. The number of amides is 1. The van der Waals surface area contributed by atoms with Crippen LogP contribution in [0.1, 0.15) is 30.9 Å². The van der Waals surface area contributed by atoms with Crippen molar-refractivity contribution in [1.29, 1.82) is 0 Å². The van der Waals surface area contributed by atoms with E-state index in [1.54, 1.807) is 0 Å². The van der Waals surface area contributed by atoms with Gasteiger partial charge in [-0.05, 0) is 44.0 Å². The third-order valence-corrected chi connectivity index (χ3v) is 3.49. The number of aryl methyl sites for hydroxylation is 1. The zero-order valence-corrected chi connectivity index (χ0v) is 13.7. The number of nitrogens with two attached hydrogens (primary N) is 1. The third kappa shape index (κ3) is 5.75. The lowest BCUT2D eigenvalue weighted by molar-refractivity contribution is -0.121. The number of carbonyl (C=O) groups excluding carboxylic acids is 1. The highest BCUT2D eigenvalue weighted by atomic mass is 16.5. The van der Waals surface area contributed by atoms with Gasteiger partial charge < -0.3 is 15.8 Å². The van der Waals surface area contributed by atoms with Crippen molar-refractivity contribution < 1.29 is 9.53 Å². The van der Waals surface area contributed by atoms with Crippen LogP contribution in [0.3, 0.4) is 0 Å². The maximum atomic E-state index is 11.8. The predicted octanol–water partition coefficient (Wildman–Crippen LogP) is 3.53. The Morgan fingerprint density at radius 3 is 2.74 bits per heavy atom. The summed E-state index contributed by atoms with van der Waals surface area (Å²) in [5.41, 5.74) is 7.76. The van der Waals surface area contributed by atoms with Gasteiger partial charge in [-0.1, -0.05) is 30.3 Å². The number of rotatable bonds is 7. The van der Waals surface area contributed by atoms with Crippen LogP contribution < -0.4 is 15.8 Å². The minimum Gasteiger partial charge on any atom is -0.457 e. The molecule has 0 spiro atoms. The smallest absolute Gasteiger partial charge is 0.220 e. The summed E-state index contributed by atoms with van der Waals surface area (Å²) in [6.07, 6.45) is 1.13. The van der Waals surface area contributed by atoms with E-state index in [1.165, 1.54) is 0 Å². The van der Waals surface area contributed by atoms with E-state index in [-0.39, 0.29) is 11.9 Å². The van der Waals surface area contributed by atoms with E-state index in [4.69, 9.17) is 10.5 Å². The number of benzene rings is 2. The summed E-state index contributed by atoms with van der Waals surface area (Å²) in [6, 6.07) is 15.7. The summed E-state index contributed by atoms with van der Waals surface area (Å²) >= 11 is 0. The summed E-state index contributed by atoms with van der Waals surface area (Å²) in [6.45, 7) is 4.37. The Morgan fingerprint density at radius 1 is 1.22 bits per heavy atom. The fourth-order valence-corrected chi connectivity index (χ4v) is 2.20. The molecule has 0 bridgehead atoms. The summed E-state index contributed by atoms with van der Waals surface area (Å²) < 4.78 is 5.95. The number of hydrogen-bond acceptors (Lipinski definition) is 3. The number of ether oxygens (including phenoxy) is 1. The van der Waals surface area contributed by atoms with Crippen LogP contribution in [-0.4, -0.2) is 11.9 Å². The highest BCUT2D eigenvalue weighted by Gasteiger charge is 2.07. The van der Waals surface area contributed by atoms with Gasteiger partial charge in [0.1, 0.15) is 11.5 Å². The number of hydrogen-bond donors (Lipinski definition) is 2. The van der Waals surface area contributed by atoms with Crippen molar-refractivity contribution in [1.82, 2.24) is 5.32 Å². The molecule has 122 valence electrons. The molecular weight excluding hydrogens is 288 g/mol. The van der Waals surface area contributed by atoms with E-state index in [0.29, 0.717) is 19.4 Å². The quantitative estimate of drug-likeness (QED) is 0.822. The Balaban J connectivity index is 1.99. The molecule has 0 aliphatic carbocycles. The van der Waals surface area contributed by atoms with E-state index < -0.39 is 0 Å². The Kier molecular flexibility index (Phi) is 6.18. The molecule has 1 unspecified atom stereocenters. The van der Waals surface area contributed by atoms with Crippen LogP contribution in [-0.2, 0) is 11.3 Å². The average molecular weight is 312 g/mol. The maximum Gasteiger partial charge on any atom is 0.220 e. The zero-order chi connectivity index (χ0) is 16.7. The van der Waals surface area contributed by atoms with Gasteiger partial charge in [0.15, 0.2) is 0 Å². The minimum absolute atomic E-state index is 0.00709. The Morgan fingerprint density at radius 2 is 2.00 bits per heavy atom. The molecule has 1 amide bonds. The summed E-state index contributed by atoms with van der Waals surface area (Å²) in [4.78, 5) is 11.8. The molecule has 0 aliphatic rings. The lowest BCUT2D eigenvalue weighted by atomic mass is 10.1. The van der Waals surface area contributed by atoms with Crippen molar-refractivity contribution in [2.24, 2.45) is 5.73 Å². The summed E-state index contributed by atoms with van der Waals surface area (Å²) in [5.74, 6) is 1.55. The van der Waals surface area contributed by atoms with Crippen LogP contribution in [0.5, 0.6) is 11.5 Å². The van der Waals surface area contributed by atoms with Crippen molar-refractivity contribution >= 4 is 5.91 Å². The van der Waals surface area contributed by atoms with Gasteiger partial charge in [-0.15, -0.1) is 0 Å². The van der Waals surface area contributed by atoms with Crippen LogP contribution >= 0.6 is 0 Å². The average Bonchev–Trinajstić information content (AvgIpc) is 2.52. The molecule has 23 heavy (non-hydrogen) atoms. The van der Waals surface area contributed by atoms with E-state index in [0.717, 1.165) is 22.6 Å². The molecule has 2 aromatic rings. The number of para-hydroxylation sites is 1. The first-order valence-electron chi connectivity index (χ1n) is 7.89. The van der Waals surface area contributed by atoms with Gasteiger partial charge in [-0.3, -0.25) is 4.79 Å². The topological polar surface area (TPSA) is 64.3 Å². The van der Waals surface area contributed by atoms with Gasteiger partial charge in [-0.25, -0.2) is 0 Å². The first kappa shape index (κ1) is 17.0. The first-order chi connectivity index (χ1) is 11.0. The normalized spacial score (nSPS) is 11.8. The Hall–Kier alpha value is -2.33. The molecule has 0 aromatic heterocycles. The van der Waals surface area contributed by atoms with Crippen molar-refractivity contribution in [2.75, 3.05) is 0 Å². The minimum atomic E-state index is 0.00709. The van der Waals surface area contributed by atoms with E-state index >= 15 is 0 Å². The molecule has 0 aliphatic heterocycles. The van der Waals surface area contributed by atoms with Crippen molar-refractivity contribution in [3.63, 3.8) is 0 Å². The number of nitrogens with one attached hydrogen (secondary N) is 1. The SMILES string of the molecule is Cc1cccc(Oc2ccccc2CNC(=O)CCC(C)N)c1. The Labute approximate surface area is 137 Å². The molecule has 0 heterocycles. The van der Waals surface area contributed by atoms with E-state index in [9.17, 15) is 4.79 Å². The van der Waals surface area contributed by atoms with Crippen LogP contribution in [0.25, 0.3) is 0 Å². The summed E-state index contributed by atoms with van der Waals surface area (Å²) in [7, 11) is 0. The molecule has 4 heteroatoms. The highest BCUT2D eigenvalue weighted by Crippen LogP contribution is 2.25. The molecule has 2 rings (SSSR count). The van der Waals surface area contributed by atoms with Gasteiger partial charge in [0, 0.05) is 24.6 Å². The number of carbonyl (C=O) groups is 1. The predicted molar refractivity (Wildman–Crippen MR) is 92.4 cm³/mol. The second-order valence-corrected chi connectivity index (χ2v) is 5.82. The molecule has 1 atom stereocenters. The fraction of sp³-hybridized carbons (Fsp3) is 0.316. The molecular formula is C19H24N2O2. The van der Waals surface area contributed by atoms with Crippen molar-refractivity contribution in [3.8, 4) is 11.5 Å². The fourth-order valence-electron chi connectivity index (χ4n) is 2.20. The van der Waals surface area contributed by atoms with Gasteiger partial charge in [-0.2, -0.15) is 0 Å². The zero-order valence-electron chi connectivity index (χ0n) is 13.7. The first-order valence-corrected chi connectivity index (χ1v) is 7.89. The maximum absolute atomic E-state index is 11.8. The molecule has 0 saturated carbocycles. The van der Waals surface area contributed by atoms with Gasteiger partial charge in [0.25, 0.3) is 0 Å². The van der Waals surface area contributed by atoms with E-state index in [1.807, 2.05) is 62.4 Å². The monoisotopic (exact) mass is 312 g/mol. The van der Waals surface area contributed by atoms with E-state index in [2.05, 4.69) is 5.32 Å². The lowest BCUT2D eigenvalue weighted by Crippen LogP contribution is -2.25. The molecule has 0 saturated heterocycles. The molecule has 3 N–H and O–H groups in total. The van der Waals surface area contributed by atoms with Crippen LogP contribution in [0.15, 0.2) is 48.5 Å². The summed E-state index contributed by atoms with van der Waals surface area (Å²) in [5, 5.41) is 2.92. The largest absolute Gasteiger partial charge is 0.457 e. The third-order valence-electron chi connectivity index (χ3n) is 3.49. The molecule has 0 fully saturated rings. The van der Waals surface area contributed by atoms with Gasteiger partial charge in [0.2, 0.25) is 5.91 Å². The second kappa shape index (κ2) is 8.34.